The largest absolute Gasteiger partial charge is 0.506 e. The third-order valence-electron chi connectivity index (χ3n) is 3.48. The molecular formula is C16H17ClN2O4S. The molecule has 0 aliphatic carbocycles. The van der Waals surface area contributed by atoms with E-state index < -0.39 is 21.0 Å². The minimum atomic E-state index is -3.84. The maximum Gasteiger partial charge on any atom is 0.243 e. The van der Waals surface area contributed by atoms with Crippen LogP contribution < -0.4 is 11.1 Å². The van der Waals surface area contributed by atoms with Crippen LogP contribution in [0.5, 0.6) is 5.75 Å². The van der Waals surface area contributed by atoms with Crippen molar-refractivity contribution in [2.24, 2.45) is 0 Å². The lowest BCUT2D eigenvalue weighted by atomic mass is 10.2. The molecular weight excluding hydrogens is 352 g/mol. The molecule has 24 heavy (non-hydrogen) atoms. The highest BCUT2D eigenvalue weighted by atomic mass is 35.5. The highest BCUT2D eigenvalue weighted by Gasteiger charge is 2.32. The van der Waals surface area contributed by atoms with E-state index in [1.807, 2.05) is 0 Å². The number of carbonyl (C=O) groups excluding carboxylic acids is 1. The molecule has 0 heterocycles. The average molecular weight is 369 g/mol. The van der Waals surface area contributed by atoms with Crippen molar-refractivity contribution in [1.82, 2.24) is 0 Å². The van der Waals surface area contributed by atoms with E-state index >= 15 is 0 Å². The second-order valence-corrected chi connectivity index (χ2v) is 7.67. The molecule has 0 saturated carbocycles. The molecule has 4 N–H and O–H groups in total. The lowest BCUT2D eigenvalue weighted by Crippen LogP contribution is -2.34. The fraction of sp³-hybridized carbons (Fsp3) is 0.188. The third-order valence-corrected chi connectivity index (χ3v) is 6.02. The van der Waals surface area contributed by atoms with Gasteiger partial charge in [0.15, 0.2) is 9.84 Å². The van der Waals surface area contributed by atoms with E-state index in [-0.39, 0.29) is 33.5 Å². The Bertz CT molecular complexity index is 854. The van der Waals surface area contributed by atoms with Crippen LogP contribution in [0.25, 0.3) is 0 Å². The molecule has 6 nitrogen and oxygen atoms in total. The van der Waals surface area contributed by atoms with Crippen molar-refractivity contribution in [3.8, 4) is 5.75 Å². The fourth-order valence-electron chi connectivity index (χ4n) is 2.21. The van der Waals surface area contributed by atoms with Gasteiger partial charge >= 0.3 is 0 Å². The van der Waals surface area contributed by atoms with Gasteiger partial charge in [0.1, 0.15) is 11.0 Å². The van der Waals surface area contributed by atoms with Gasteiger partial charge in [0.05, 0.1) is 21.3 Å². The number of carbonyl (C=O) groups is 1. The van der Waals surface area contributed by atoms with Gasteiger partial charge in [0.25, 0.3) is 0 Å². The second kappa shape index (κ2) is 7.11. The lowest BCUT2D eigenvalue weighted by molar-refractivity contribution is -0.115. The first kappa shape index (κ1) is 18.1. The Labute approximate surface area is 145 Å². The van der Waals surface area contributed by atoms with Gasteiger partial charge in [-0.3, -0.25) is 4.79 Å². The fourth-order valence-corrected chi connectivity index (χ4v) is 4.07. The average Bonchev–Trinajstić information content (AvgIpc) is 2.54. The quantitative estimate of drug-likeness (QED) is 0.555. The Kier molecular flexibility index (Phi) is 5.36. The van der Waals surface area contributed by atoms with Crippen LogP contribution >= 0.6 is 11.6 Å². The molecule has 2 aromatic carbocycles. The molecule has 1 atom stereocenters. The number of nitrogens with two attached hydrogens (primary N) is 1. The Hall–Kier alpha value is -2.25. The minimum Gasteiger partial charge on any atom is -0.506 e. The Morgan fingerprint density at radius 3 is 2.50 bits per heavy atom. The zero-order valence-corrected chi connectivity index (χ0v) is 14.4. The molecule has 1 amide bonds. The highest BCUT2D eigenvalue weighted by molar-refractivity contribution is 7.92. The summed E-state index contributed by atoms with van der Waals surface area (Å²) in [4.78, 5) is 12.5. The Morgan fingerprint density at radius 2 is 1.92 bits per heavy atom. The molecule has 128 valence electrons. The van der Waals surface area contributed by atoms with Gasteiger partial charge in [-0.2, -0.15) is 0 Å². The van der Waals surface area contributed by atoms with Gasteiger partial charge in [0, 0.05) is 6.07 Å². The van der Waals surface area contributed by atoms with Crippen molar-refractivity contribution in [2.75, 3.05) is 11.1 Å². The number of hydrogen-bond donors (Lipinski definition) is 3. The van der Waals surface area contributed by atoms with Crippen molar-refractivity contribution >= 4 is 38.7 Å². The van der Waals surface area contributed by atoms with Crippen LogP contribution in [-0.2, 0) is 14.6 Å². The van der Waals surface area contributed by atoms with Gasteiger partial charge in [-0.25, -0.2) is 8.42 Å². The Balaban J connectivity index is 2.32. The van der Waals surface area contributed by atoms with Crippen LogP contribution in [0.1, 0.15) is 13.3 Å². The molecule has 2 aromatic rings. The van der Waals surface area contributed by atoms with Crippen LogP contribution in [0, 0.1) is 0 Å². The molecule has 1 unspecified atom stereocenters. The van der Waals surface area contributed by atoms with Gasteiger partial charge in [-0.1, -0.05) is 36.7 Å². The predicted molar refractivity (Wildman–Crippen MR) is 93.9 cm³/mol. The number of sulfone groups is 1. The standard InChI is InChI=1S/C16H17ClN2O4S/c1-2-15(24(22,23)10-6-4-3-5-7-10)16(21)19-13-9-14(20)12(18)8-11(13)17/h3-9,15,20H,2,18H2,1H3,(H,19,21). The summed E-state index contributed by atoms with van der Waals surface area (Å²) in [7, 11) is -3.84. The van der Waals surface area contributed by atoms with Crippen LogP contribution in [0.15, 0.2) is 47.4 Å². The molecule has 0 saturated heterocycles. The summed E-state index contributed by atoms with van der Waals surface area (Å²) in [6.07, 6.45) is 0.0850. The number of aromatic hydroxyl groups is 1. The number of amides is 1. The summed E-state index contributed by atoms with van der Waals surface area (Å²) >= 11 is 5.97. The van der Waals surface area contributed by atoms with E-state index in [4.69, 9.17) is 17.3 Å². The first-order valence-corrected chi connectivity index (χ1v) is 9.07. The van der Waals surface area contributed by atoms with E-state index in [0.717, 1.165) is 0 Å². The number of phenols is 1. The number of anilines is 2. The maximum absolute atomic E-state index is 12.6. The smallest absolute Gasteiger partial charge is 0.243 e. The van der Waals surface area contributed by atoms with Crippen LogP contribution in [-0.4, -0.2) is 24.7 Å². The summed E-state index contributed by atoms with van der Waals surface area (Å²) in [5, 5.41) is 10.9. The summed E-state index contributed by atoms with van der Waals surface area (Å²) in [6, 6.07) is 10.2. The van der Waals surface area contributed by atoms with E-state index in [0.29, 0.717) is 0 Å². The summed E-state index contributed by atoms with van der Waals surface area (Å²) < 4.78 is 25.3. The normalized spacial score (nSPS) is 12.6. The number of benzene rings is 2. The molecule has 0 spiro atoms. The van der Waals surface area contributed by atoms with Crippen molar-refractivity contribution in [3.05, 3.63) is 47.5 Å². The number of halogens is 1. The minimum absolute atomic E-state index is 0.0574. The van der Waals surface area contributed by atoms with Gasteiger partial charge in [-0.05, 0) is 24.6 Å². The maximum atomic E-state index is 12.6. The topological polar surface area (TPSA) is 109 Å². The van der Waals surface area contributed by atoms with E-state index in [1.165, 1.54) is 24.3 Å². The molecule has 8 heteroatoms. The van der Waals surface area contributed by atoms with E-state index in [1.54, 1.807) is 25.1 Å². The Morgan fingerprint density at radius 1 is 1.29 bits per heavy atom. The SMILES string of the molecule is CCC(C(=O)Nc1cc(O)c(N)cc1Cl)S(=O)(=O)c1ccccc1. The number of hydrogen-bond acceptors (Lipinski definition) is 5. The number of nitrogens with one attached hydrogen (secondary N) is 1. The predicted octanol–water partition coefficient (Wildman–Crippen LogP) is 2.82. The second-order valence-electron chi connectivity index (χ2n) is 5.14. The summed E-state index contributed by atoms with van der Waals surface area (Å²) in [6.45, 7) is 1.60. The van der Waals surface area contributed by atoms with Gasteiger partial charge < -0.3 is 16.2 Å². The first-order valence-electron chi connectivity index (χ1n) is 7.15. The molecule has 0 fully saturated rings. The molecule has 0 aromatic heterocycles. The zero-order chi connectivity index (χ0) is 17.9. The summed E-state index contributed by atoms with van der Waals surface area (Å²) in [5.41, 5.74) is 5.66. The van der Waals surface area contributed by atoms with Crippen LogP contribution in [0.4, 0.5) is 11.4 Å². The molecule has 0 aliphatic rings. The van der Waals surface area contributed by atoms with Crippen molar-refractivity contribution < 1.29 is 18.3 Å². The number of nitrogen functional groups attached to an aromatic ring is 1. The third kappa shape index (κ3) is 3.63. The lowest BCUT2D eigenvalue weighted by Gasteiger charge is -2.17. The first-order chi connectivity index (χ1) is 11.3. The highest BCUT2D eigenvalue weighted by Crippen LogP contribution is 2.32. The number of rotatable bonds is 5. The molecule has 0 bridgehead atoms. The van der Waals surface area contributed by atoms with E-state index in [2.05, 4.69) is 5.32 Å². The summed E-state index contributed by atoms with van der Waals surface area (Å²) in [5.74, 6) is -0.985. The van der Waals surface area contributed by atoms with Crippen molar-refractivity contribution in [2.45, 2.75) is 23.5 Å². The van der Waals surface area contributed by atoms with Crippen molar-refractivity contribution in [1.29, 1.82) is 0 Å². The monoisotopic (exact) mass is 368 g/mol. The molecule has 2 rings (SSSR count). The molecule has 0 aliphatic heterocycles. The van der Waals surface area contributed by atoms with Crippen molar-refractivity contribution in [3.63, 3.8) is 0 Å². The van der Waals surface area contributed by atoms with E-state index in [9.17, 15) is 18.3 Å². The molecule has 0 radical (unpaired) electrons. The van der Waals surface area contributed by atoms with Crippen LogP contribution in [0.2, 0.25) is 5.02 Å². The van der Waals surface area contributed by atoms with Crippen LogP contribution in [0.3, 0.4) is 0 Å². The number of phenolic OH excluding ortho intramolecular Hbond substituents is 1. The van der Waals surface area contributed by atoms with Gasteiger partial charge in [0.2, 0.25) is 5.91 Å². The van der Waals surface area contributed by atoms with Gasteiger partial charge in [-0.15, -0.1) is 0 Å². The zero-order valence-electron chi connectivity index (χ0n) is 12.9.